The standard InChI is InChI=1S/C22H35N5O2/c1-2-23-22(27-11-9-19(17-27)26-12-14-28-15-13-26)25-16-18-6-5-10-24-21(18)29-20-7-3-4-8-20/h5-6,10,19-20H,2-4,7-9,11-17H2,1H3,(H,23,25). The van der Waals surface area contributed by atoms with E-state index in [1.54, 1.807) is 0 Å². The van der Waals surface area contributed by atoms with Crippen molar-refractivity contribution in [2.24, 2.45) is 4.99 Å². The molecule has 1 N–H and O–H groups in total. The zero-order valence-electron chi connectivity index (χ0n) is 17.7. The number of guanidine groups is 1. The topological polar surface area (TPSA) is 62.2 Å². The Morgan fingerprint density at radius 3 is 2.86 bits per heavy atom. The van der Waals surface area contributed by atoms with Crippen molar-refractivity contribution in [1.82, 2.24) is 20.1 Å². The highest BCUT2D eigenvalue weighted by atomic mass is 16.5. The molecule has 0 amide bonds. The van der Waals surface area contributed by atoms with Crippen LogP contribution in [0.15, 0.2) is 23.3 Å². The SMILES string of the molecule is CCNC(=NCc1cccnc1OC1CCCC1)N1CCC(N2CCOCC2)C1. The lowest BCUT2D eigenvalue weighted by Crippen LogP contribution is -2.46. The van der Waals surface area contributed by atoms with Crippen LogP contribution in [0.2, 0.25) is 0 Å². The van der Waals surface area contributed by atoms with Gasteiger partial charge in [0.2, 0.25) is 5.88 Å². The predicted octanol–water partition coefficient (Wildman–Crippen LogP) is 2.28. The Morgan fingerprint density at radius 2 is 2.07 bits per heavy atom. The highest BCUT2D eigenvalue weighted by Gasteiger charge is 2.30. The van der Waals surface area contributed by atoms with Crippen LogP contribution < -0.4 is 10.1 Å². The van der Waals surface area contributed by atoms with Crippen LogP contribution in [0.25, 0.3) is 0 Å². The molecule has 2 saturated heterocycles. The molecule has 3 heterocycles. The zero-order chi connectivity index (χ0) is 19.9. The van der Waals surface area contributed by atoms with Crippen molar-refractivity contribution in [2.45, 2.75) is 57.7 Å². The van der Waals surface area contributed by atoms with Crippen LogP contribution in [0, 0.1) is 0 Å². The largest absolute Gasteiger partial charge is 0.474 e. The van der Waals surface area contributed by atoms with E-state index in [4.69, 9.17) is 14.5 Å². The van der Waals surface area contributed by atoms with Gasteiger partial charge in [0, 0.05) is 50.5 Å². The minimum Gasteiger partial charge on any atom is -0.474 e. The summed E-state index contributed by atoms with van der Waals surface area (Å²) < 4.78 is 11.7. The van der Waals surface area contributed by atoms with Crippen molar-refractivity contribution >= 4 is 5.96 Å². The van der Waals surface area contributed by atoms with Crippen LogP contribution in [-0.4, -0.2) is 78.8 Å². The van der Waals surface area contributed by atoms with Crippen molar-refractivity contribution in [1.29, 1.82) is 0 Å². The molecule has 1 atom stereocenters. The third-order valence-corrected chi connectivity index (χ3v) is 6.19. The van der Waals surface area contributed by atoms with Crippen LogP contribution in [0.5, 0.6) is 5.88 Å². The highest BCUT2D eigenvalue weighted by molar-refractivity contribution is 5.80. The maximum Gasteiger partial charge on any atom is 0.218 e. The Kier molecular flexibility index (Phi) is 7.22. The Morgan fingerprint density at radius 1 is 1.24 bits per heavy atom. The number of hydrogen-bond donors (Lipinski definition) is 1. The molecule has 29 heavy (non-hydrogen) atoms. The van der Waals surface area contributed by atoms with Crippen LogP contribution in [-0.2, 0) is 11.3 Å². The predicted molar refractivity (Wildman–Crippen MR) is 114 cm³/mol. The Hall–Kier alpha value is -1.86. The normalized spacial score (nSPS) is 24.2. The van der Waals surface area contributed by atoms with Crippen molar-refractivity contribution in [3.05, 3.63) is 23.9 Å². The maximum atomic E-state index is 6.19. The number of rotatable bonds is 6. The van der Waals surface area contributed by atoms with Gasteiger partial charge in [-0.2, -0.15) is 0 Å². The number of morpholine rings is 1. The summed E-state index contributed by atoms with van der Waals surface area (Å²) in [6.07, 6.45) is 8.11. The second kappa shape index (κ2) is 10.3. The number of aromatic nitrogens is 1. The average molecular weight is 402 g/mol. The molecular formula is C22H35N5O2. The van der Waals surface area contributed by atoms with Crippen molar-refractivity contribution in [2.75, 3.05) is 45.9 Å². The summed E-state index contributed by atoms with van der Waals surface area (Å²) in [5.74, 6) is 1.76. The number of ether oxygens (including phenoxy) is 2. The molecule has 0 radical (unpaired) electrons. The first-order valence-electron chi connectivity index (χ1n) is 11.3. The second-order valence-corrected chi connectivity index (χ2v) is 8.20. The number of nitrogens with zero attached hydrogens (tertiary/aromatic N) is 4. The molecule has 3 aliphatic rings. The summed E-state index contributed by atoms with van der Waals surface area (Å²) in [6.45, 7) is 9.48. The molecule has 1 aromatic rings. The Balaban J connectivity index is 1.40. The number of pyridine rings is 1. The van der Waals surface area contributed by atoms with Crippen LogP contribution in [0.1, 0.15) is 44.6 Å². The summed E-state index contributed by atoms with van der Waals surface area (Å²) in [7, 11) is 0. The van der Waals surface area contributed by atoms with E-state index in [1.807, 2.05) is 12.3 Å². The lowest BCUT2D eigenvalue weighted by Gasteiger charge is -2.32. The lowest BCUT2D eigenvalue weighted by atomic mass is 10.2. The van der Waals surface area contributed by atoms with E-state index >= 15 is 0 Å². The molecule has 160 valence electrons. The third kappa shape index (κ3) is 5.39. The van der Waals surface area contributed by atoms with E-state index in [-0.39, 0.29) is 0 Å². The Bertz CT molecular complexity index is 671. The summed E-state index contributed by atoms with van der Waals surface area (Å²) in [5.41, 5.74) is 1.07. The minimum atomic E-state index is 0.314. The lowest BCUT2D eigenvalue weighted by molar-refractivity contribution is 0.0195. The molecule has 1 saturated carbocycles. The van der Waals surface area contributed by atoms with E-state index < -0.39 is 0 Å². The van der Waals surface area contributed by atoms with Crippen LogP contribution >= 0.6 is 0 Å². The minimum absolute atomic E-state index is 0.314. The van der Waals surface area contributed by atoms with E-state index in [1.165, 1.54) is 19.3 Å². The molecule has 1 aromatic heterocycles. The Labute approximate surface area is 174 Å². The van der Waals surface area contributed by atoms with Gasteiger partial charge in [0.05, 0.1) is 19.8 Å². The summed E-state index contributed by atoms with van der Waals surface area (Å²) in [6, 6.07) is 4.66. The van der Waals surface area contributed by atoms with Crippen LogP contribution in [0.4, 0.5) is 0 Å². The zero-order valence-corrected chi connectivity index (χ0v) is 17.7. The third-order valence-electron chi connectivity index (χ3n) is 6.19. The van der Waals surface area contributed by atoms with E-state index in [0.717, 1.165) is 76.2 Å². The second-order valence-electron chi connectivity index (χ2n) is 8.20. The van der Waals surface area contributed by atoms with E-state index in [2.05, 4.69) is 33.1 Å². The quantitative estimate of drug-likeness (QED) is 0.583. The van der Waals surface area contributed by atoms with Gasteiger partial charge < -0.3 is 19.7 Å². The molecule has 7 nitrogen and oxygen atoms in total. The van der Waals surface area contributed by atoms with Gasteiger partial charge in [-0.1, -0.05) is 6.07 Å². The summed E-state index contributed by atoms with van der Waals surface area (Å²) >= 11 is 0. The van der Waals surface area contributed by atoms with Gasteiger partial charge in [0.1, 0.15) is 6.10 Å². The molecule has 0 bridgehead atoms. The molecular weight excluding hydrogens is 366 g/mol. The fourth-order valence-corrected chi connectivity index (χ4v) is 4.58. The first kappa shape index (κ1) is 20.4. The van der Waals surface area contributed by atoms with Gasteiger partial charge in [-0.05, 0) is 45.1 Å². The summed E-state index contributed by atoms with van der Waals surface area (Å²) in [4.78, 5) is 14.4. The first-order chi connectivity index (χ1) is 14.3. The van der Waals surface area contributed by atoms with Crippen molar-refractivity contribution in [3.8, 4) is 5.88 Å². The fraction of sp³-hybridized carbons (Fsp3) is 0.727. The fourth-order valence-electron chi connectivity index (χ4n) is 4.58. The molecule has 2 aliphatic heterocycles. The molecule has 1 aliphatic carbocycles. The smallest absolute Gasteiger partial charge is 0.218 e. The van der Waals surface area contributed by atoms with Gasteiger partial charge >= 0.3 is 0 Å². The number of nitrogens with one attached hydrogen (secondary N) is 1. The van der Waals surface area contributed by atoms with Gasteiger partial charge in [-0.25, -0.2) is 9.98 Å². The average Bonchev–Trinajstić information content (AvgIpc) is 3.45. The van der Waals surface area contributed by atoms with Gasteiger partial charge in [0.25, 0.3) is 0 Å². The van der Waals surface area contributed by atoms with Crippen molar-refractivity contribution in [3.63, 3.8) is 0 Å². The first-order valence-corrected chi connectivity index (χ1v) is 11.3. The molecule has 0 spiro atoms. The van der Waals surface area contributed by atoms with E-state index in [0.29, 0.717) is 18.7 Å². The maximum absolute atomic E-state index is 6.19. The number of likely N-dealkylation sites (tertiary alicyclic amines) is 1. The molecule has 7 heteroatoms. The van der Waals surface area contributed by atoms with Gasteiger partial charge in [0.15, 0.2) is 5.96 Å². The highest BCUT2D eigenvalue weighted by Crippen LogP contribution is 2.25. The number of hydrogen-bond acceptors (Lipinski definition) is 5. The van der Waals surface area contributed by atoms with E-state index in [9.17, 15) is 0 Å². The van der Waals surface area contributed by atoms with Crippen LogP contribution in [0.3, 0.4) is 0 Å². The molecule has 0 aromatic carbocycles. The van der Waals surface area contributed by atoms with Gasteiger partial charge in [-0.15, -0.1) is 0 Å². The monoisotopic (exact) mass is 401 g/mol. The molecule has 1 unspecified atom stereocenters. The number of aliphatic imine (C=N–C) groups is 1. The van der Waals surface area contributed by atoms with Gasteiger partial charge in [-0.3, -0.25) is 4.90 Å². The van der Waals surface area contributed by atoms with Crippen molar-refractivity contribution < 1.29 is 9.47 Å². The molecule has 3 fully saturated rings. The summed E-state index contributed by atoms with van der Waals surface area (Å²) in [5, 5.41) is 3.48. The molecule has 4 rings (SSSR count).